The fourth-order valence-corrected chi connectivity index (χ4v) is 3.86. The van der Waals surface area contributed by atoms with Crippen molar-refractivity contribution in [1.29, 1.82) is 0 Å². The molecule has 0 aliphatic heterocycles. The Kier molecular flexibility index (Phi) is 4.33. The Labute approximate surface area is 157 Å². The standard InChI is InChI=1S/C21H17N3O2S/c1-27(25,26)21-10-6-5-9-19(21)16-11-13-18(14-12-16)24-15-20(22-23-24)17-7-3-2-4-8-17/h2-15H,1H3. The number of benzene rings is 3. The fourth-order valence-electron chi connectivity index (χ4n) is 2.95. The fraction of sp³-hybridized carbons (Fsp3) is 0.0476. The van der Waals surface area contributed by atoms with Gasteiger partial charge in [0.25, 0.3) is 0 Å². The van der Waals surface area contributed by atoms with Crippen molar-refractivity contribution >= 4 is 9.84 Å². The van der Waals surface area contributed by atoms with Crippen LogP contribution in [0, 0.1) is 0 Å². The molecule has 0 spiro atoms. The second-order valence-corrected chi connectivity index (χ2v) is 8.21. The van der Waals surface area contributed by atoms with Gasteiger partial charge >= 0.3 is 0 Å². The van der Waals surface area contributed by atoms with Gasteiger partial charge in [0.15, 0.2) is 9.84 Å². The zero-order valence-electron chi connectivity index (χ0n) is 14.6. The van der Waals surface area contributed by atoms with Crippen LogP contribution in [0.4, 0.5) is 0 Å². The van der Waals surface area contributed by atoms with Gasteiger partial charge in [-0.1, -0.05) is 65.9 Å². The second-order valence-electron chi connectivity index (χ2n) is 6.23. The highest BCUT2D eigenvalue weighted by atomic mass is 32.2. The molecule has 134 valence electrons. The first-order chi connectivity index (χ1) is 13.0. The lowest BCUT2D eigenvalue weighted by atomic mass is 10.1. The number of aromatic nitrogens is 3. The molecule has 3 aromatic carbocycles. The lowest BCUT2D eigenvalue weighted by molar-refractivity contribution is 0.602. The van der Waals surface area contributed by atoms with E-state index in [0.717, 1.165) is 22.5 Å². The Balaban J connectivity index is 1.68. The van der Waals surface area contributed by atoms with E-state index in [0.29, 0.717) is 10.5 Å². The number of nitrogens with zero attached hydrogens (tertiary/aromatic N) is 3. The Morgan fingerprint density at radius 1 is 0.778 bits per heavy atom. The SMILES string of the molecule is CS(=O)(=O)c1ccccc1-c1ccc(-n2cc(-c3ccccc3)nn2)cc1. The molecule has 6 heteroatoms. The van der Waals surface area contributed by atoms with Crippen LogP contribution in [-0.4, -0.2) is 29.7 Å². The Hall–Kier alpha value is -3.25. The van der Waals surface area contributed by atoms with Crippen LogP contribution >= 0.6 is 0 Å². The van der Waals surface area contributed by atoms with Crippen molar-refractivity contribution in [2.24, 2.45) is 0 Å². The summed E-state index contributed by atoms with van der Waals surface area (Å²) in [5, 5.41) is 8.42. The third kappa shape index (κ3) is 3.52. The Morgan fingerprint density at radius 2 is 1.44 bits per heavy atom. The first-order valence-corrected chi connectivity index (χ1v) is 10.3. The van der Waals surface area contributed by atoms with E-state index in [2.05, 4.69) is 10.3 Å². The maximum absolute atomic E-state index is 12.0. The van der Waals surface area contributed by atoms with Crippen LogP contribution in [0.2, 0.25) is 0 Å². The lowest BCUT2D eigenvalue weighted by Crippen LogP contribution is -2.00. The maximum atomic E-state index is 12.0. The molecular formula is C21H17N3O2S. The number of sulfone groups is 1. The summed E-state index contributed by atoms with van der Waals surface area (Å²) in [6, 6.07) is 24.4. The van der Waals surface area contributed by atoms with Crippen LogP contribution in [-0.2, 0) is 9.84 Å². The topological polar surface area (TPSA) is 64.8 Å². The van der Waals surface area contributed by atoms with Crippen molar-refractivity contribution in [2.75, 3.05) is 6.26 Å². The molecule has 0 aliphatic carbocycles. The van der Waals surface area contributed by atoms with Gasteiger partial charge < -0.3 is 0 Å². The summed E-state index contributed by atoms with van der Waals surface area (Å²) in [7, 11) is -3.30. The van der Waals surface area contributed by atoms with Gasteiger partial charge in [-0.2, -0.15) is 0 Å². The third-order valence-corrected chi connectivity index (χ3v) is 5.45. The number of hydrogen-bond acceptors (Lipinski definition) is 4. The van der Waals surface area contributed by atoms with Crippen molar-refractivity contribution in [1.82, 2.24) is 15.0 Å². The summed E-state index contributed by atoms with van der Waals surface area (Å²) in [6.45, 7) is 0. The molecule has 5 nitrogen and oxygen atoms in total. The van der Waals surface area contributed by atoms with Gasteiger partial charge in [0, 0.05) is 17.4 Å². The average Bonchev–Trinajstić information content (AvgIpc) is 3.18. The van der Waals surface area contributed by atoms with E-state index >= 15 is 0 Å². The third-order valence-electron chi connectivity index (χ3n) is 4.29. The highest BCUT2D eigenvalue weighted by Gasteiger charge is 2.14. The molecule has 4 aromatic rings. The zero-order valence-corrected chi connectivity index (χ0v) is 15.5. The summed E-state index contributed by atoms with van der Waals surface area (Å²) in [5.74, 6) is 0. The van der Waals surface area contributed by atoms with Gasteiger partial charge in [-0.3, -0.25) is 0 Å². The van der Waals surface area contributed by atoms with E-state index in [1.54, 1.807) is 16.8 Å². The maximum Gasteiger partial charge on any atom is 0.176 e. The smallest absolute Gasteiger partial charge is 0.176 e. The molecular weight excluding hydrogens is 358 g/mol. The highest BCUT2D eigenvalue weighted by Crippen LogP contribution is 2.28. The molecule has 0 N–H and O–H groups in total. The molecule has 1 heterocycles. The van der Waals surface area contributed by atoms with Crippen LogP contribution in [0.1, 0.15) is 0 Å². The van der Waals surface area contributed by atoms with Gasteiger partial charge in [-0.15, -0.1) is 5.10 Å². The summed E-state index contributed by atoms with van der Waals surface area (Å²) in [6.07, 6.45) is 3.09. The number of hydrogen-bond donors (Lipinski definition) is 0. The van der Waals surface area contributed by atoms with Crippen molar-refractivity contribution in [3.05, 3.63) is 85.1 Å². The molecule has 0 radical (unpaired) electrons. The van der Waals surface area contributed by atoms with Crippen LogP contribution in [0.3, 0.4) is 0 Å². The van der Waals surface area contributed by atoms with E-state index in [1.807, 2.05) is 72.9 Å². The summed E-state index contributed by atoms with van der Waals surface area (Å²) in [5.41, 5.74) is 4.17. The van der Waals surface area contributed by atoms with E-state index in [-0.39, 0.29) is 0 Å². The molecule has 27 heavy (non-hydrogen) atoms. The lowest BCUT2D eigenvalue weighted by Gasteiger charge is -2.09. The molecule has 0 aliphatic rings. The van der Waals surface area contributed by atoms with Gasteiger partial charge in [0.05, 0.1) is 16.8 Å². The summed E-state index contributed by atoms with van der Waals surface area (Å²) < 4.78 is 25.8. The predicted molar refractivity (Wildman–Crippen MR) is 105 cm³/mol. The average molecular weight is 375 g/mol. The molecule has 0 saturated carbocycles. The molecule has 0 saturated heterocycles. The Bertz CT molecular complexity index is 1180. The van der Waals surface area contributed by atoms with Crippen LogP contribution < -0.4 is 0 Å². The summed E-state index contributed by atoms with van der Waals surface area (Å²) in [4.78, 5) is 0.324. The van der Waals surface area contributed by atoms with Crippen LogP contribution in [0.5, 0.6) is 0 Å². The van der Waals surface area contributed by atoms with Gasteiger partial charge in [0.2, 0.25) is 0 Å². The van der Waals surface area contributed by atoms with Crippen molar-refractivity contribution in [3.8, 4) is 28.1 Å². The zero-order chi connectivity index (χ0) is 18.9. The quantitative estimate of drug-likeness (QED) is 0.541. The molecule has 0 bridgehead atoms. The van der Waals surface area contributed by atoms with Crippen molar-refractivity contribution in [3.63, 3.8) is 0 Å². The normalized spacial score (nSPS) is 11.4. The number of rotatable bonds is 4. The Morgan fingerprint density at radius 3 is 2.15 bits per heavy atom. The van der Waals surface area contributed by atoms with Crippen LogP contribution in [0.25, 0.3) is 28.1 Å². The first kappa shape index (κ1) is 17.2. The minimum absolute atomic E-state index is 0.324. The van der Waals surface area contributed by atoms with Gasteiger partial charge in [-0.05, 0) is 23.8 Å². The van der Waals surface area contributed by atoms with Gasteiger partial charge in [-0.25, -0.2) is 13.1 Å². The highest BCUT2D eigenvalue weighted by molar-refractivity contribution is 7.90. The molecule has 0 unspecified atom stereocenters. The predicted octanol–water partition coefficient (Wildman–Crippen LogP) is 4.00. The molecule has 4 rings (SSSR count). The first-order valence-electron chi connectivity index (χ1n) is 8.40. The molecule has 1 aromatic heterocycles. The molecule has 0 amide bonds. The van der Waals surface area contributed by atoms with E-state index in [1.165, 1.54) is 6.26 Å². The minimum atomic E-state index is -3.30. The second kappa shape index (κ2) is 6.81. The van der Waals surface area contributed by atoms with Crippen molar-refractivity contribution < 1.29 is 8.42 Å². The molecule has 0 fully saturated rings. The van der Waals surface area contributed by atoms with Crippen molar-refractivity contribution in [2.45, 2.75) is 4.90 Å². The largest absolute Gasteiger partial charge is 0.224 e. The monoisotopic (exact) mass is 375 g/mol. The van der Waals surface area contributed by atoms with E-state index in [4.69, 9.17) is 0 Å². The summed E-state index contributed by atoms with van der Waals surface area (Å²) >= 11 is 0. The van der Waals surface area contributed by atoms with Crippen LogP contribution in [0.15, 0.2) is 90.0 Å². The molecule has 0 atom stereocenters. The van der Waals surface area contributed by atoms with E-state index in [9.17, 15) is 8.42 Å². The minimum Gasteiger partial charge on any atom is -0.224 e. The van der Waals surface area contributed by atoms with E-state index < -0.39 is 9.84 Å². The van der Waals surface area contributed by atoms with Gasteiger partial charge in [0.1, 0.15) is 5.69 Å².